The van der Waals surface area contributed by atoms with Crippen LogP contribution in [0.5, 0.6) is 0 Å². The molecule has 0 saturated heterocycles. The summed E-state index contributed by atoms with van der Waals surface area (Å²) < 4.78 is 3.52. The summed E-state index contributed by atoms with van der Waals surface area (Å²) in [6.07, 6.45) is 9.11. The van der Waals surface area contributed by atoms with Gasteiger partial charge in [0.1, 0.15) is 5.82 Å². The number of allylic oxidation sites excluding steroid dienone is 3. The molecule has 5 heteroatoms. The molecule has 1 unspecified atom stereocenters. The van der Waals surface area contributed by atoms with Crippen molar-refractivity contribution < 1.29 is 0 Å². The lowest BCUT2D eigenvalue weighted by atomic mass is 9.88. The number of benzene rings is 1. The van der Waals surface area contributed by atoms with Crippen LogP contribution < -0.4 is 4.72 Å². The van der Waals surface area contributed by atoms with E-state index in [2.05, 4.69) is 52.8 Å². The predicted octanol–water partition coefficient (Wildman–Crippen LogP) is 5.71. The third-order valence-electron chi connectivity index (χ3n) is 4.98. The first-order valence-electron chi connectivity index (χ1n) is 9.57. The zero-order valence-corrected chi connectivity index (χ0v) is 17.0. The maximum absolute atomic E-state index is 4.98. The molecule has 0 saturated carbocycles. The van der Waals surface area contributed by atoms with E-state index in [1.54, 1.807) is 11.9 Å². The third kappa shape index (κ3) is 3.76. The largest absolute Gasteiger partial charge is 0.341 e. The van der Waals surface area contributed by atoms with E-state index in [0.29, 0.717) is 0 Å². The van der Waals surface area contributed by atoms with Crippen LogP contribution >= 0.6 is 11.9 Å². The van der Waals surface area contributed by atoms with E-state index in [1.807, 2.05) is 42.7 Å². The van der Waals surface area contributed by atoms with Crippen molar-refractivity contribution in [3.05, 3.63) is 84.0 Å². The van der Waals surface area contributed by atoms with Gasteiger partial charge in [0.2, 0.25) is 0 Å². The molecule has 0 bridgehead atoms. The Hall–Kier alpha value is -2.79. The molecule has 2 heterocycles. The molecule has 0 radical (unpaired) electrons. The van der Waals surface area contributed by atoms with Gasteiger partial charge in [0.15, 0.2) is 0 Å². The fraction of sp³-hybridized carbons (Fsp3) is 0.217. The van der Waals surface area contributed by atoms with E-state index >= 15 is 0 Å². The second kappa shape index (κ2) is 8.48. The summed E-state index contributed by atoms with van der Waals surface area (Å²) in [6.45, 7) is 4.37. The first kappa shape index (κ1) is 18.6. The van der Waals surface area contributed by atoms with Crippen LogP contribution in [0.2, 0.25) is 0 Å². The lowest BCUT2D eigenvalue weighted by molar-refractivity contribution is 0.860. The molecule has 142 valence electrons. The molecule has 2 aromatic heterocycles. The van der Waals surface area contributed by atoms with Crippen molar-refractivity contribution in [3.8, 4) is 22.6 Å². The van der Waals surface area contributed by atoms with Crippen molar-refractivity contribution in [1.29, 1.82) is 0 Å². The molecule has 4 rings (SSSR count). The van der Waals surface area contributed by atoms with Gasteiger partial charge in [-0.15, -0.1) is 0 Å². The second-order valence-electron chi connectivity index (χ2n) is 6.76. The maximum atomic E-state index is 4.98. The Kier molecular flexibility index (Phi) is 5.63. The third-order valence-corrected chi connectivity index (χ3v) is 5.66. The molecule has 0 spiro atoms. The number of nitrogens with zero attached hydrogens (tertiary/aromatic N) is 2. The standard InChI is InChI=1S/C23H24N4S/c1-3-28-27-20-11-7-10-19(16(20)2)22-21(17-12-14-24-15-13-17)25-23(26-22)18-8-5-4-6-9-18/h4-10,12-15,19,27H,3,11H2,1-2H3,(H,25,26). The van der Waals surface area contributed by atoms with Gasteiger partial charge >= 0.3 is 0 Å². The van der Waals surface area contributed by atoms with Crippen LogP contribution in [0.25, 0.3) is 22.6 Å². The van der Waals surface area contributed by atoms with Gasteiger partial charge in [-0.2, -0.15) is 0 Å². The number of aromatic nitrogens is 3. The number of hydrogen-bond acceptors (Lipinski definition) is 4. The first-order chi connectivity index (χ1) is 13.8. The minimum absolute atomic E-state index is 0.168. The molecule has 1 aromatic carbocycles. The van der Waals surface area contributed by atoms with Gasteiger partial charge in [0.05, 0.1) is 11.4 Å². The Morgan fingerprint density at radius 2 is 1.89 bits per heavy atom. The molecule has 28 heavy (non-hydrogen) atoms. The normalized spacial score (nSPS) is 16.4. The van der Waals surface area contributed by atoms with Crippen molar-refractivity contribution in [3.63, 3.8) is 0 Å². The van der Waals surface area contributed by atoms with Crippen molar-refractivity contribution in [2.75, 3.05) is 5.75 Å². The quantitative estimate of drug-likeness (QED) is 0.419. The molecular formula is C23H24N4S. The average molecular weight is 389 g/mol. The number of imidazole rings is 1. The zero-order valence-electron chi connectivity index (χ0n) is 16.1. The fourth-order valence-electron chi connectivity index (χ4n) is 3.48. The molecule has 2 N–H and O–H groups in total. The molecule has 1 aliphatic carbocycles. The summed E-state index contributed by atoms with van der Waals surface area (Å²) in [5.41, 5.74) is 6.90. The smallest absolute Gasteiger partial charge is 0.138 e. The highest BCUT2D eigenvalue weighted by Crippen LogP contribution is 2.38. The molecule has 3 aromatic rings. The van der Waals surface area contributed by atoms with Gasteiger partial charge < -0.3 is 9.71 Å². The molecule has 1 aliphatic rings. The van der Waals surface area contributed by atoms with E-state index in [9.17, 15) is 0 Å². The van der Waals surface area contributed by atoms with Crippen molar-refractivity contribution >= 4 is 11.9 Å². The van der Waals surface area contributed by atoms with Crippen LogP contribution in [0.15, 0.2) is 78.3 Å². The Morgan fingerprint density at radius 3 is 2.64 bits per heavy atom. The van der Waals surface area contributed by atoms with Crippen molar-refractivity contribution in [1.82, 2.24) is 19.7 Å². The molecule has 0 fully saturated rings. The van der Waals surface area contributed by atoms with Gasteiger partial charge in [0.25, 0.3) is 0 Å². The predicted molar refractivity (Wildman–Crippen MR) is 118 cm³/mol. The summed E-state index contributed by atoms with van der Waals surface area (Å²) in [4.78, 5) is 12.8. The van der Waals surface area contributed by atoms with E-state index in [4.69, 9.17) is 4.98 Å². The van der Waals surface area contributed by atoms with Crippen molar-refractivity contribution in [2.24, 2.45) is 0 Å². The van der Waals surface area contributed by atoms with Crippen LogP contribution in [0.3, 0.4) is 0 Å². The van der Waals surface area contributed by atoms with Gasteiger partial charge in [-0.05, 0) is 24.6 Å². The van der Waals surface area contributed by atoms with Crippen LogP contribution in [0.4, 0.5) is 0 Å². The van der Waals surface area contributed by atoms with Crippen LogP contribution in [-0.2, 0) is 0 Å². The van der Waals surface area contributed by atoms with Gasteiger partial charge in [0, 0.05) is 47.3 Å². The summed E-state index contributed by atoms with van der Waals surface area (Å²) in [5, 5.41) is 0. The number of pyridine rings is 1. The van der Waals surface area contributed by atoms with Crippen LogP contribution in [0.1, 0.15) is 31.9 Å². The van der Waals surface area contributed by atoms with Crippen molar-refractivity contribution in [2.45, 2.75) is 26.2 Å². The summed E-state index contributed by atoms with van der Waals surface area (Å²) in [5.74, 6) is 2.10. The maximum Gasteiger partial charge on any atom is 0.138 e. The Bertz CT molecular complexity index is 990. The topological polar surface area (TPSA) is 53.6 Å². The Balaban J connectivity index is 1.81. The Labute approximate surface area is 170 Å². The number of hydrogen-bond donors (Lipinski definition) is 2. The molecule has 1 atom stereocenters. The number of aromatic amines is 1. The highest BCUT2D eigenvalue weighted by Gasteiger charge is 2.24. The van der Waals surface area contributed by atoms with E-state index in [1.165, 1.54) is 11.3 Å². The van der Waals surface area contributed by atoms with Gasteiger partial charge in [-0.3, -0.25) is 4.98 Å². The van der Waals surface area contributed by atoms with Crippen LogP contribution in [0, 0.1) is 0 Å². The lowest BCUT2D eigenvalue weighted by Crippen LogP contribution is -2.14. The minimum atomic E-state index is 0.168. The van der Waals surface area contributed by atoms with E-state index in [0.717, 1.165) is 40.5 Å². The first-order valence-corrected chi connectivity index (χ1v) is 10.6. The van der Waals surface area contributed by atoms with E-state index in [-0.39, 0.29) is 5.92 Å². The molecule has 4 nitrogen and oxygen atoms in total. The minimum Gasteiger partial charge on any atom is -0.341 e. The summed E-state index contributed by atoms with van der Waals surface area (Å²) in [6, 6.07) is 14.3. The van der Waals surface area contributed by atoms with Crippen LogP contribution in [-0.4, -0.2) is 20.7 Å². The fourth-order valence-corrected chi connectivity index (χ4v) is 4.05. The lowest BCUT2D eigenvalue weighted by Gasteiger charge is -2.23. The van der Waals surface area contributed by atoms with Gasteiger partial charge in [-0.1, -0.05) is 61.4 Å². The SMILES string of the molecule is CCSNC1=C(C)C(c2[nH]c(-c3ccccc3)nc2-c2ccncc2)C=CC1. The molecule has 0 aliphatic heterocycles. The Morgan fingerprint density at radius 1 is 1.11 bits per heavy atom. The second-order valence-corrected chi connectivity index (χ2v) is 7.83. The average Bonchev–Trinajstić information content (AvgIpc) is 3.19. The number of rotatable bonds is 6. The highest BCUT2D eigenvalue weighted by molar-refractivity contribution is 7.97. The number of H-pyrrole nitrogens is 1. The molecular weight excluding hydrogens is 364 g/mol. The zero-order chi connectivity index (χ0) is 19.3. The van der Waals surface area contributed by atoms with E-state index < -0.39 is 0 Å². The summed E-state index contributed by atoms with van der Waals surface area (Å²) in [7, 11) is 0. The monoisotopic (exact) mass is 388 g/mol. The highest BCUT2D eigenvalue weighted by atomic mass is 32.2. The number of nitrogens with one attached hydrogen (secondary N) is 2. The molecule has 0 amide bonds. The van der Waals surface area contributed by atoms with Gasteiger partial charge in [-0.25, -0.2) is 4.98 Å². The summed E-state index contributed by atoms with van der Waals surface area (Å²) >= 11 is 1.74.